The Hall–Kier alpha value is -1.66. The van der Waals surface area contributed by atoms with Crippen molar-refractivity contribution in [1.82, 2.24) is 15.5 Å². The molecule has 1 aromatic rings. The van der Waals surface area contributed by atoms with Crippen molar-refractivity contribution in [1.29, 1.82) is 0 Å². The first-order chi connectivity index (χ1) is 11.6. The molecular weight excluding hydrogens is 345 g/mol. The molecule has 1 unspecified atom stereocenters. The zero-order valence-electron chi connectivity index (χ0n) is 14.2. The Morgan fingerprint density at radius 3 is 2.56 bits per heavy atom. The summed E-state index contributed by atoms with van der Waals surface area (Å²) in [5.74, 6) is -0.677. The highest BCUT2D eigenvalue weighted by Gasteiger charge is 2.26. The predicted octanol–water partition coefficient (Wildman–Crippen LogP) is 2.11. The number of carbonyl (C=O) groups excluding carboxylic acids is 2. The summed E-state index contributed by atoms with van der Waals surface area (Å²) in [5, 5.41) is 6.39. The Morgan fingerprint density at radius 1 is 1.20 bits per heavy atom. The number of nitrogens with one attached hydrogen (secondary N) is 2. The van der Waals surface area contributed by atoms with E-state index in [4.69, 9.17) is 0 Å². The molecule has 1 aromatic carbocycles. The number of likely N-dealkylation sites (tertiary alicyclic amines) is 1. The number of rotatable bonds is 4. The van der Waals surface area contributed by atoms with Crippen LogP contribution in [0, 0.1) is 5.82 Å². The predicted molar refractivity (Wildman–Crippen MR) is 96.4 cm³/mol. The highest BCUT2D eigenvalue weighted by molar-refractivity contribution is 5.94. The zero-order valence-corrected chi connectivity index (χ0v) is 15.0. The van der Waals surface area contributed by atoms with Crippen molar-refractivity contribution in [3.05, 3.63) is 35.6 Å². The average molecular weight is 370 g/mol. The smallest absolute Gasteiger partial charge is 0.256 e. The van der Waals surface area contributed by atoms with Crippen LogP contribution >= 0.6 is 12.4 Å². The van der Waals surface area contributed by atoms with E-state index in [0.717, 1.165) is 19.4 Å². The van der Waals surface area contributed by atoms with Gasteiger partial charge >= 0.3 is 0 Å². The maximum atomic E-state index is 13.7. The monoisotopic (exact) mass is 369 g/mol. The van der Waals surface area contributed by atoms with Crippen molar-refractivity contribution in [2.45, 2.75) is 44.2 Å². The normalized spacial score (nSPS) is 20.8. The van der Waals surface area contributed by atoms with E-state index in [1.54, 1.807) is 17.0 Å². The molecule has 2 aliphatic heterocycles. The van der Waals surface area contributed by atoms with E-state index in [0.29, 0.717) is 38.4 Å². The third-order valence-electron chi connectivity index (χ3n) is 4.85. The van der Waals surface area contributed by atoms with Crippen LogP contribution in [0.25, 0.3) is 0 Å². The van der Waals surface area contributed by atoms with Crippen LogP contribution in [-0.2, 0) is 4.79 Å². The Morgan fingerprint density at radius 2 is 1.92 bits per heavy atom. The SMILES string of the molecule is Cl.O=C(CC1CCCN1)NC1CCN(C(=O)c2ccccc2F)CC1. The van der Waals surface area contributed by atoms with Crippen LogP contribution in [0.5, 0.6) is 0 Å². The lowest BCUT2D eigenvalue weighted by atomic mass is 10.0. The molecule has 0 spiro atoms. The van der Waals surface area contributed by atoms with E-state index in [1.165, 1.54) is 12.1 Å². The molecule has 3 rings (SSSR count). The fourth-order valence-corrected chi connectivity index (χ4v) is 3.47. The topological polar surface area (TPSA) is 61.4 Å². The third-order valence-corrected chi connectivity index (χ3v) is 4.85. The Kier molecular flexibility index (Phi) is 7.20. The van der Waals surface area contributed by atoms with Gasteiger partial charge in [-0.2, -0.15) is 0 Å². The maximum Gasteiger partial charge on any atom is 0.256 e. The van der Waals surface area contributed by atoms with Crippen LogP contribution in [0.4, 0.5) is 4.39 Å². The lowest BCUT2D eigenvalue weighted by Crippen LogP contribution is -2.47. The summed E-state index contributed by atoms with van der Waals surface area (Å²) < 4.78 is 13.7. The molecule has 2 amide bonds. The number of halogens is 2. The first-order valence-corrected chi connectivity index (χ1v) is 8.70. The van der Waals surface area contributed by atoms with Crippen LogP contribution < -0.4 is 10.6 Å². The summed E-state index contributed by atoms with van der Waals surface area (Å²) >= 11 is 0. The molecule has 2 saturated heterocycles. The molecule has 2 heterocycles. The van der Waals surface area contributed by atoms with Gasteiger partial charge in [0.15, 0.2) is 0 Å². The number of amides is 2. The molecule has 25 heavy (non-hydrogen) atoms. The van der Waals surface area contributed by atoms with E-state index >= 15 is 0 Å². The summed E-state index contributed by atoms with van der Waals surface area (Å²) in [7, 11) is 0. The van der Waals surface area contributed by atoms with Crippen molar-refractivity contribution in [3.63, 3.8) is 0 Å². The molecule has 1 atom stereocenters. The second kappa shape index (κ2) is 9.15. The Bertz CT molecular complexity index is 600. The fourth-order valence-electron chi connectivity index (χ4n) is 3.47. The first kappa shape index (κ1) is 19.7. The van der Waals surface area contributed by atoms with E-state index < -0.39 is 5.82 Å². The number of carbonyl (C=O) groups is 2. The first-order valence-electron chi connectivity index (χ1n) is 8.70. The molecule has 2 N–H and O–H groups in total. The minimum Gasteiger partial charge on any atom is -0.353 e. The van der Waals surface area contributed by atoms with E-state index in [2.05, 4.69) is 10.6 Å². The molecule has 0 saturated carbocycles. The second-order valence-electron chi connectivity index (χ2n) is 6.61. The molecule has 0 aliphatic carbocycles. The van der Waals surface area contributed by atoms with Crippen LogP contribution in [0.15, 0.2) is 24.3 Å². The van der Waals surface area contributed by atoms with Gasteiger partial charge in [-0.3, -0.25) is 9.59 Å². The summed E-state index contributed by atoms with van der Waals surface area (Å²) in [6, 6.07) is 6.46. The summed E-state index contributed by atoms with van der Waals surface area (Å²) in [6.07, 6.45) is 4.14. The van der Waals surface area contributed by atoms with Gasteiger partial charge in [-0.05, 0) is 44.4 Å². The molecule has 0 aromatic heterocycles. The molecule has 2 aliphatic rings. The van der Waals surface area contributed by atoms with Crippen molar-refractivity contribution in [3.8, 4) is 0 Å². The highest BCUT2D eigenvalue weighted by Crippen LogP contribution is 2.16. The highest BCUT2D eigenvalue weighted by atomic mass is 35.5. The van der Waals surface area contributed by atoms with E-state index in [9.17, 15) is 14.0 Å². The van der Waals surface area contributed by atoms with Crippen LogP contribution in [0.3, 0.4) is 0 Å². The number of hydrogen-bond acceptors (Lipinski definition) is 3. The van der Waals surface area contributed by atoms with Gasteiger partial charge in [0.2, 0.25) is 5.91 Å². The molecule has 7 heteroatoms. The van der Waals surface area contributed by atoms with Crippen LogP contribution in [-0.4, -0.2) is 48.4 Å². The molecule has 138 valence electrons. The minimum atomic E-state index is -0.484. The summed E-state index contributed by atoms with van der Waals surface area (Å²) in [5.41, 5.74) is 0.118. The molecular formula is C18H25ClFN3O2. The molecule has 5 nitrogen and oxygen atoms in total. The van der Waals surface area contributed by atoms with Gasteiger partial charge in [-0.25, -0.2) is 4.39 Å². The lowest BCUT2D eigenvalue weighted by molar-refractivity contribution is -0.122. The third kappa shape index (κ3) is 5.16. The maximum absolute atomic E-state index is 13.7. The summed E-state index contributed by atoms with van der Waals surface area (Å²) in [6.45, 7) is 2.08. The average Bonchev–Trinajstić information content (AvgIpc) is 3.08. The van der Waals surface area contributed by atoms with Gasteiger partial charge in [0, 0.05) is 31.6 Å². The minimum absolute atomic E-state index is 0. The van der Waals surface area contributed by atoms with Gasteiger partial charge in [0.05, 0.1) is 5.56 Å². The van der Waals surface area contributed by atoms with Crippen molar-refractivity contribution in [2.75, 3.05) is 19.6 Å². The van der Waals surface area contributed by atoms with E-state index in [1.807, 2.05) is 0 Å². The standard InChI is InChI=1S/C18H24FN3O2.ClH/c19-16-6-2-1-5-15(16)18(24)22-10-7-13(8-11-22)21-17(23)12-14-4-3-9-20-14;/h1-2,5-6,13-14,20H,3-4,7-12H2,(H,21,23);1H. The van der Waals surface area contributed by atoms with E-state index in [-0.39, 0.29) is 35.8 Å². The van der Waals surface area contributed by atoms with Crippen molar-refractivity contribution < 1.29 is 14.0 Å². The van der Waals surface area contributed by atoms with Crippen molar-refractivity contribution in [2.24, 2.45) is 0 Å². The van der Waals surface area contributed by atoms with Gasteiger partial charge in [-0.15, -0.1) is 12.4 Å². The molecule has 0 radical (unpaired) electrons. The molecule has 0 bridgehead atoms. The summed E-state index contributed by atoms with van der Waals surface area (Å²) in [4.78, 5) is 26.1. The quantitative estimate of drug-likeness (QED) is 0.854. The van der Waals surface area contributed by atoms with Gasteiger partial charge in [0.25, 0.3) is 5.91 Å². The lowest BCUT2D eigenvalue weighted by Gasteiger charge is -2.32. The van der Waals surface area contributed by atoms with Gasteiger partial charge < -0.3 is 15.5 Å². The fraction of sp³-hybridized carbons (Fsp3) is 0.556. The number of hydrogen-bond donors (Lipinski definition) is 2. The number of nitrogens with zero attached hydrogens (tertiary/aromatic N) is 1. The van der Waals surface area contributed by atoms with Crippen LogP contribution in [0.2, 0.25) is 0 Å². The Labute approximate surface area is 153 Å². The van der Waals surface area contributed by atoms with Crippen LogP contribution in [0.1, 0.15) is 42.5 Å². The molecule has 2 fully saturated rings. The zero-order chi connectivity index (χ0) is 16.9. The van der Waals surface area contributed by atoms with Gasteiger partial charge in [-0.1, -0.05) is 12.1 Å². The Balaban J connectivity index is 0.00000225. The largest absolute Gasteiger partial charge is 0.353 e. The number of benzene rings is 1. The van der Waals surface area contributed by atoms with Gasteiger partial charge in [0.1, 0.15) is 5.82 Å². The second-order valence-corrected chi connectivity index (χ2v) is 6.61. The number of piperidine rings is 1. The van der Waals surface area contributed by atoms with Crippen molar-refractivity contribution >= 4 is 24.2 Å².